The van der Waals surface area contributed by atoms with Crippen LogP contribution in [-0.4, -0.2) is 38.4 Å². The number of fused-ring (bicyclic) bond motifs is 2. The Morgan fingerprint density at radius 2 is 1.74 bits per heavy atom. The SMILES string of the molecule is COC(=O)[C@@H]1[C@H]2C[C@H]([C@H](N=[N+]=[N-])[C@@H]2F)[C@@H]1C(=O)OC. The van der Waals surface area contributed by atoms with Crippen molar-refractivity contribution in [1.29, 1.82) is 0 Å². The molecule has 8 heteroatoms. The lowest BCUT2D eigenvalue weighted by Gasteiger charge is -2.32. The average Bonchev–Trinajstić information content (AvgIpc) is 2.94. The molecule has 2 fully saturated rings. The maximum atomic E-state index is 14.1. The first-order valence-electron chi connectivity index (χ1n) is 5.90. The molecule has 2 aliphatic rings. The van der Waals surface area contributed by atoms with Crippen LogP contribution in [0.1, 0.15) is 6.42 Å². The number of rotatable bonds is 3. The first kappa shape index (κ1) is 13.6. The third-order valence-corrected chi connectivity index (χ3v) is 4.16. The Morgan fingerprint density at radius 1 is 1.21 bits per heavy atom. The Hall–Kier alpha value is -1.82. The van der Waals surface area contributed by atoms with Gasteiger partial charge in [-0.25, -0.2) is 4.39 Å². The second-order valence-corrected chi connectivity index (χ2v) is 4.80. The summed E-state index contributed by atoms with van der Waals surface area (Å²) >= 11 is 0. The van der Waals surface area contributed by atoms with Gasteiger partial charge in [0.05, 0.1) is 32.1 Å². The summed E-state index contributed by atoms with van der Waals surface area (Å²) in [4.78, 5) is 26.2. The number of alkyl halides is 1. The van der Waals surface area contributed by atoms with Crippen molar-refractivity contribution < 1.29 is 23.5 Å². The van der Waals surface area contributed by atoms with Crippen molar-refractivity contribution in [2.24, 2.45) is 28.8 Å². The van der Waals surface area contributed by atoms with E-state index in [1.54, 1.807) is 0 Å². The van der Waals surface area contributed by atoms with E-state index in [0.717, 1.165) is 0 Å². The molecular weight excluding hydrogens is 257 g/mol. The number of nitrogens with zero attached hydrogens (tertiary/aromatic N) is 3. The van der Waals surface area contributed by atoms with E-state index in [1.165, 1.54) is 14.2 Å². The molecule has 0 radical (unpaired) electrons. The molecule has 0 saturated heterocycles. The van der Waals surface area contributed by atoms with Crippen LogP contribution in [0.15, 0.2) is 5.11 Å². The predicted molar refractivity (Wildman–Crippen MR) is 60.4 cm³/mol. The molecule has 0 aromatic rings. The van der Waals surface area contributed by atoms with Gasteiger partial charge in [-0.2, -0.15) is 0 Å². The van der Waals surface area contributed by atoms with Crippen molar-refractivity contribution in [3.8, 4) is 0 Å². The zero-order chi connectivity index (χ0) is 14.2. The molecule has 2 rings (SSSR count). The minimum atomic E-state index is -1.43. The van der Waals surface area contributed by atoms with Crippen LogP contribution in [-0.2, 0) is 19.1 Å². The van der Waals surface area contributed by atoms with Crippen LogP contribution in [0.4, 0.5) is 4.39 Å². The standard InChI is InChI=1S/C11H14FN3O4/c1-18-10(16)6-4-3-5(7(6)11(17)19-2)9(8(4)12)14-15-13/h4-9H,3H2,1-2H3/t4-,5+,6-,7+,8-,9+/m1/s1. The van der Waals surface area contributed by atoms with Crippen LogP contribution in [0.5, 0.6) is 0 Å². The summed E-state index contributed by atoms with van der Waals surface area (Å²) in [6.45, 7) is 0. The van der Waals surface area contributed by atoms with Crippen LogP contribution < -0.4 is 0 Å². The van der Waals surface area contributed by atoms with Crippen molar-refractivity contribution in [1.82, 2.24) is 0 Å². The quantitative estimate of drug-likeness (QED) is 0.333. The highest BCUT2D eigenvalue weighted by Crippen LogP contribution is 2.55. The number of carbonyl (C=O) groups is 2. The van der Waals surface area contributed by atoms with Crippen molar-refractivity contribution in [3.05, 3.63) is 10.4 Å². The Bertz CT molecular complexity index is 451. The maximum Gasteiger partial charge on any atom is 0.309 e. The number of halogens is 1. The predicted octanol–water partition coefficient (Wildman–Crippen LogP) is 1.23. The topological polar surface area (TPSA) is 101 Å². The number of azide groups is 1. The first-order chi connectivity index (χ1) is 9.06. The van der Waals surface area contributed by atoms with E-state index in [1.807, 2.05) is 0 Å². The first-order valence-corrected chi connectivity index (χ1v) is 5.90. The highest BCUT2D eigenvalue weighted by Gasteiger charge is 2.63. The number of methoxy groups -OCH3 is 2. The average molecular weight is 271 g/mol. The van der Waals surface area contributed by atoms with Gasteiger partial charge in [-0.05, 0) is 17.9 Å². The molecule has 104 valence electrons. The minimum Gasteiger partial charge on any atom is -0.469 e. The second kappa shape index (κ2) is 5.05. The highest BCUT2D eigenvalue weighted by atomic mass is 19.1. The number of hydrogen-bond donors (Lipinski definition) is 0. The van der Waals surface area contributed by atoms with Gasteiger partial charge in [-0.15, -0.1) is 0 Å². The van der Waals surface area contributed by atoms with E-state index in [-0.39, 0.29) is 0 Å². The molecule has 0 spiro atoms. The van der Waals surface area contributed by atoms with Crippen LogP contribution in [0, 0.1) is 23.7 Å². The fraction of sp³-hybridized carbons (Fsp3) is 0.818. The van der Waals surface area contributed by atoms with Crippen molar-refractivity contribution in [3.63, 3.8) is 0 Å². The summed E-state index contributed by atoms with van der Waals surface area (Å²) in [6, 6.07) is -0.917. The van der Waals surface area contributed by atoms with Gasteiger partial charge in [0.2, 0.25) is 0 Å². The summed E-state index contributed by atoms with van der Waals surface area (Å²) in [5.41, 5.74) is 8.46. The normalized spacial score (nSPS) is 39.5. The van der Waals surface area contributed by atoms with Crippen molar-refractivity contribution in [2.45, 2.75) is 18.6 Å². The molecule has 0 N–H and O–H groups in total. The number of hydrogen-bond acceptors (Lipinski definition) is 5. The zero-order valence-electron chi connectivity index (χ0n) is 10.5. The zero-order valence-corrected chi connectivity index (χ0v) is 10.5. The minimum absolute atomic E-state index is 0.324. The molecule has 0 aliphatic heterocycles. The van der Waals surface area contributed by atoms with E-state index in [0.29, 0.717) is 6.42 Å². The molecule has 2 aliphatic carbocycles. The van der Waals surface area contributed by atoms with Gasteiger partial charge in [0, 0.05) is 10.8 Å². The van der Waals surface area contributed by atoms with Crippen molar-refractivity contribution >= 4 is 11.9 Å². The molecule has 0 aromatic heterocycles. The van der Waals surface area contributed by atoms with Crippen LogP contribution in [0.3, 0.4) is 0 Å². The Balaban J connectivity index is 2.35. The molecule has 0 heterocycles. The largest absolute Gasteiger partial charge is 0.469 e. The lowest BCUT2D eigenvalue weighted by Crippen LogP contribution is -2.45. The fourth-order valence-electron chi connectivity index (χ4n) is 3.43. The van der Waals surface area contributed by atoms with Gasteiger partial charge in [-0.1, -0.05) is 5.11 Å². The number of ether oxygens (including phenoxy) is 2. The smallest absolute Gasteiger partial charge is 0.309 e. The molecule has 2 bridgehead atoms. The van der Waals surface area contributed by atoms with Gasteiger partial charge >= 0.3 is 11.9 Å². The monoisotopic (exact) mass is 271 g/mol. The Kier molecular flexibility index (Phi) is 3.61. The number of carbonyl (C=O) groups excluding carboxylic acids is 2. The van der Waals surface area contributed by atoms with E-state index in [9.17, 15) is 14.0 Å². The van der Waals surface area contributed by atoms with Gasteiger partial charge in [0.15, 0.2) is 0 Å². The van der Waals surface area contributed by atoms with Crippen LogP contribution in [0.2, 0.25) is 0 Å². The fourth-order valence-corrected chi connectivity index (χ4v) is 3.43. The lowest BCUT2D eigenvalue weighted by molar-refractivity contribution is -0.161. The van der Waals surface area contributed by atoms with E-state index in [2.05, 4.69) is 19.5 Å². The third kappa shape index (κ3) is 1.92. The van der Waals surface area contributed by atoms with E-state index in [4.69, 9.17) is 5.53 Å². The van der Waals surface area contributed by atoms with Gasteiger partial charge in [-0.3, -0.25) is 9.59 Å². The molecule has 0 unspecified atom stereocenters. The highest BCUT2D eigenvalue weighted by molar-refractivity contribution is 5.84. The lowest BCUT2D eigenvalue weighted by atomic mass is 9.76. The molecule has 0 aromatic carbocycles. The van der Waals surface area contributed by atoms with Gasteiger partial charge < -0.3 is 9.47 Å². The molecule has 2 saturated carbocycles. The van der Waals surface area contributed by atoms with E-state index >= 15 is 0 Å². The van der Waals surface area contributed by atoms with E-state index < -0.39 is 47.8 Å². The summed E-state index contributed by atoms with van der Waals surface area (Å²) in [6.07, 6.45) is -1.10. The summed E-state index contributed by atoms with van der Waals surface area (Å²) in [5.74, 6) is -4.03. The summed E-state index contributed by atoms with van der Waals surface area (Å²) in [5, 5.41) is 3.42. The van der Waals surface area contributed by atoms with Crippen LogP contribution >= 0.6 is 0 Å². The van der Waals surface area contributed by atoms with Crippen molar-refractivity contribution in [2.75, 3.05) is 14.2 Å². The van der Waals surface area contributed by atoms with Gasteiger partial charge in [0.25, 0.3) is 0 Å². The summed E-state index contributed by atoms with van der Waals surface area (Å²) in [7, 11) is 2.40. The summed E-state index contributed by atoms with van der Waals surface area (Å²) < 4.78 is 23.4. The molecule has 7 nitrogen and oxygen atoms in total. The molecule has 0 amide bonds. The molecule has 19 heavy (non-hydrogen) atoms. The Morgan fingerprint density at radius 3 is 2.21 bits per heavy atom. The van der Waals surface area contributed by atoms with Gasteiger partial charge in [0.1, 0.15) is 6.17 Å². The Labute approximate surface area is 108 Å². The maximum absolute atomic E-state index is 14.1. The molecular formula is C11H14FN3O4. The second-order valence-electron chi connectivity index (χ2n) is 4.80. The third-order valence-electron chi connectivity index (χ3n) is 4.16. The number of esters is 2. The molecule has 6 atom stereocenters. The van der Waals surface area contributed by atoms with Crippen LogP contribution in [0.25, 0.3) is 10.4 Å².